The molecule has 1 aliphatic heterocycles. The van der Waals surface area contributed by atoms with Crippen LogP contribution in [0.1, 0.15) is 44.2 Å². The number of aromatic nitrogens is 2. The van der Waals surface area contributed by atoms with Crippen molar-refractivity contribution >= 4 is 15.9 Å². The summed E-state index contributed by atoms with van der Waals surface area (Å²) in [6.45, 7) is 2.47. The van der Waals surface area contributed by atoms with Gasteiger partial charge in [0.2, 0.25) is 15.9 Å². The molecule has 1 saturated carbocycles. The van der Waals surface area contributed by atoms with E-state index in [2.05, 4.69) is 10.4 Å². The van der Waals surface area contributed by atoms with Crippen LogP contribution in [0.4, 0.5) is 0 Å². The van der Waals surface area contributed by atoms with Crippen LogP contribution in [0.3, 0.4) is 0 Å². The van der Waals surface area contributed by atoms with E-state index in [1.807, 2.05) is 0 Å². The molecule has 1 amide bonds. The fourth-order valence-electron chi connectivity index (χ4n) is 3.63. The summed E-state index contributed by atoms with van der Waals surface area (Å²) in [6, 6.07) is 0.269. The van der Waals surface area contributed by atoms with Crippen molar-refractivity contribution in [3.63, 3.8) is 0 Å². The van der Waals surface area contributed by atoms with Crippen LogP contribution in [0, 0.1) is 12.8 Å². The molecule has 2 aliphatic rings. The van der Waals surface area contributed by atoms with Gasteiger partial charge >= 0.3 is 0 Å². The van der Waals surface area contributed by atoms with Crippen LogP contribution in [-0.2, 0) is 21.9 Å². The lowest BCUT2D eigenvalue weighted by Gasteiger charge is -2.31. The van der Waals surface area contributed by atoms with Crippen LogP contribution in [0.5, 0.6) is 0 Å². The summed E-state index contributed by atoms with van der Waals surface area (Å²) in [7, 11) is -1.87. The van der Waals surface area contributed by atoms with Crippen molar-refractivity contribution in [2.24, 2.45) is 13.0 Å². The molecule has 2 heterocycles. The van der Waals surface area contributed by atoms with E-state index in [-0.39, 0.29) is 29.3 Å². The highest BCUT2D eigenvalue weighted by Gasteiger charge is 2.35. The van der Waals surface area contributed by atoms with Crippen molar-refractivity contribution < 1.29 is 13.2 Å². The summed E-state index contributed by atoms with van der Waals surface area (Å²) in [5, 5.41) is 7.13. The van der Waals surface area contributed by atoms with Gasteiger partial charge in [0.05, 0.1) is 17.8 Å². The Labute approximate surface area is 143 Å². The Morgan fingerprint density at radius 3 is 2.58 bits per heavy atom. The first-order valence-corrected chi connectivity index (χ1v) is 10.1. The zero-order chi connectivity index (χ0) is 17.3. The minimum atomic E-state index is -3.60. The zero-order valence-corrected chi connectivity index (χ0v) is 15.2. The molecule has 1 atom stereocenters. The summed E-state index contributed by atoms with van der Waals surface area (Å²) in [6.07, 6.45) is 7.25. The van der Waals surface area contributed by atoms with E-state index in [9.17, 15) is 13.2 Å². The third kappa shape index (κ3) is 3.35. The maximum Gasteiger partial charge on any atom is 0.246 e. The molecule has 1 aromatic heterocycles. The first-order chi connectivity index (χ1) is 11.4. The quantitative estimate of drug-likeness (QED) is 0.880. The van der Waals surface area contributed by atoms with Crippen molar-refractivity contribution in [1.29, 1.82) is 0 Å². The lowest BCUT2D eigenvalue weighted by atomic mass is 9.98. The number of hydrogen-bond acceptors (Lipinski definition) is 4. The Morgan fingerprint density at radius 2 is 1.96 bits per heavy atom. The highest BCUT2D eigenvalue weighted by molar-refractivity contribution is 7.89. The molecule has 3 rings (SSSR count). The van der Waals surface area contributed by atoms with Gasteiger partial charge < -0.3 is 5.32 Å². The van der Waals surface area contributed by atoms with Gasteiger partial charge in [0.1, 0.15) is 4.90 Å². The molecule has 7 nitrogen and oxygen atoms in total. The van der Waals surface area contributed by atoms with Crippen LogP contribution in [0.25, 0.3) is 0 Å². The predicted octanol–water partition coefficient (Wildman–Crippen LogP) is 1.19. The number of amides is 1. The van der Waals surface area contributed by atoms with Gasteiger partial charge in [0, 0.05) is 26.2 Å². The third-order valence-electron chi connectivity index (χ3n) is 5.26. The molecule has 2 fully saturated rings. The summed E-state index contributed by atoms with van der Waals surface area (Å²) in [4.78, 5) is 12.7. The molecule has 1 aliphatic carbocycles. The minimum Gasteiger partial charge on any atom is -0.353 e. The number of hydrogen-bond donors (Lipinski definition) is 1. The first-order valence-electron chi connectivity index (χ1n) is 8.68. The van der Waals surface area contributed by atoms with Gasteiger partial charge in [-0.25, -0.2) is 8.42 Å². The second-order valence-electron chi connectivity index (χ2n) is 6.91. The molecule has 134 valence electrons. The summed E-state index contributed by atoms with van der Waals surface area (Å²) in [5.74, 6) is -0.254. The maximum absolute atomic E-state index is 12.9. The summed E-state index contributed by atoms with van der Waals surface area (Å²) >= 11 is 0. The van der Waals surface area contributed by atoms with Crippen molar-refractivity contribution in [3.8, 4) is 0 Å². The average Bonchev–Trinajstić information content (AvgIpc) is 3.18. The molecule has 1 aromatic rings. The molecule has 1 saturated heterocycles. The number of sulfonamides is 1. The van der Waals surface area contributed by atoms with Gasteiger partial charge in [0.15, 0.2) is 0 Å². The van der Waals surface area contributed by atoms with E-state index in [0.717, 1.165) is 32.1 Å². The topological polar surface area (TPSA) is 84.3 Å². The smallest absolute Gasteiger partial charge is 0.246 e. The highest BCUT2D eigenvalue weighted by Crippen LogP contribution is 2.26. The standard InChI is InChI=1S/C16H26N4O3S/c1-12-15(10-17-19(12)2)24(22,23)20-9-5-6-13(11-20)16(21)18-14-7-3-4-8-14/h10,13-14H,3-9,11H2,1-2H3,(H,18,21)/t13-/m0/s1. The lowest BCUT2D eigenvalue weighted by molar-refractivity contribution is -0.126. The Balaban J connectivity index is 1.70. The van der Waals surface area contributed by atoms with E-state index in [4.69, 9.17) is 0 Å². The molecule has 0 unspecified atom stereocenters. The monoisotopic (exact) mass is 354 g/mol. The zero-order valence-electron chi connectivity index (χ0n) is 14.4. The molecule has 0 bridgehead atoms. The lowest BCUT2D eigenvalue weighted by Crippen LogP contribution is -2.47. The van der Waals surface area contributed by atoms with Crippen LogP contribution in [-0.4, -0.2) is 47.5 Å². The Morgan fingerprint density at radius 1 is 1.25 bits per heavy atom. The van der Waals surface area contributed by atoms with E-state index < -0.39 is 10.0 Å². The van der Waals surface area contributed by atoms with Crippen molar-refractivity contribution in [3.05, 3.63) is 11.9 Å². The van der Waals surface area contributed by atoms with Gasteiger partial charge in [-0.05, 0) is 32.6 Å². The summed E-state index contributed by atoms with van der Waals surface area (Å²) < 4.78 is 28.8. The molecule has 0 aromatic carbocycles. The number of rotatable bonds is 4. The molecule has 0 radical (unpaired) electrons. The van der Waals surface area contributed by atoms with Crippen LogP contribution >= 0.6 is 0 Å². The van der Waals surface area contributed by atoms with Gasteiger partial charge in [-0.3, -0.25) is 9.48 Å². The molecular formula is C16H26N4O3S. The Kier molecular flexibility index (Phi) is 4.96. The van der Waals surface area contributed by atoms with Crippen LogP contribution in [0.15, 0.2) is 11.1 Å². The predicted molar refractivity (Wildman–Crippen MR) is 89.8 cm³/mol. The number of piperidine rings is 1. The Hall–Kier alpha value is -1.41. The van der Waals surface area contributed by atoms with E-state index in [0.29, 0.717) is 18.7 Å². The van der Waals surface area contributed by atoms with Gasteiger partial charge in [-0.2, -0.15) is 9.40 Å². The minimum absolute atomic E-state index is 0.00436. The molecule has 8 heteroatoms. The Bertz CT molecular complexity index is 707. The number of aryl methyl sites for hydroxylation is 1. The summed E-state index contributed by atoms with van der Waals surface area (Å²) in [5.41, 5.74) is 0.618. The molecular weight excluding hydrogens is 328 g/mol. The fourth-order valence-corrected chi connectivity index (χ4v) is 5.34. The maximum atomic E-state index is 12.9. The average molecular weight is 354 g/mol. The van der Waals surface area contributed by atoms with Crippen LogP contribution < -0.4 is 5.32 Å². The highest BCUT2D eigenvalue weighted by atomic mass is 32.2. The van der Waals surface area contributed by atoms with Gasteiger partial charge in [-0.15, -0.1) is 0 Å². The van der Waals surface area contributed by atoms with E-state index in [1.165, 1.54) is 10.5 Å². The number of carbonyl (C=O) groups excluding carboxylic acids is 1. The van der Waals surface area contributed by atoms with E-state index >= 15 is 0 Å². The number of carbonyl (C=O) groups is 1. The molecule has 24 heavy (non-hydrogen) atoms. The molecule has 1 N–H and O–H groups in total. The van der Waals surface area contributed by atoms with Crippen molar-refractivity contribution in [1.82, 2.24) is 19.4 Å². The normalized spacial score (nSPS) is 23.5. The van der Waals surface area contributed by atoms with E-state index in [1.54, 1.807) is 18.7 Å². The fraction of sp³-hybridized carbons (Fsp3) is 0.750. The third-order valence-corrected chi connectivity index (χ3v) is 7.23. The van der Waals surface area contributed by atoms with Gasteiger partial charge in [0.25, 0.3) is 0 Å². The van der Waals surface area contributed by atoms with Crippen LogP contribution in [0.2, 0.25) is 0 Å². The number of nitrogens with one attached hydrogen (secondary N) is 1. The molecule has 0 spiro atoms. The number of nitrogens with zero attached hydrogens (tertiary/aromatic N) is 3. The first kappa shape index (κ1) is 17.4. The van der Waals surface area contributed by atoms with Gasteiger partial charge in [-0.1, -0.05) is 12.8 Å². The largest absolute Gasteiger partial charge is 0.353 e. The SMILES string of the molecule is Cc1c(S(=O)(=O)N2CCC[C@H](C(=O)NC3CCCC3)C2)cnn1C. The van der Waals surface area contributed by atoms with Crippen molar-refractivity contribution in [2.75, 3.05) is 13.1 Å². The second kappa shape index (κ2) is 6.84. The second-order valence-corrected chi connectivity index (χ2v) is 8.82. The van der Waals surface area contributed by atoms with Crippen molar-refractivity contribution in [2.45, 2.75) is 56.4 Å².